The number of ether oxygens (including phenoxy) is 1. The van der Waals surface area contributed by atoms with Gasteiger partial charge in [-0.05, 0) is 44.7 Å². The summed E-state index contributed by atoms with van der Waals surface area (Å²) in [6.07, 6.45) is 1.36. The zero-order valence-electron chi connectivity index (χ0n) is 16.8. The molecule has 2 aromatic heterocycles. The second kappa shape index (κ2) is 7.55. The summed E-state index contributed by atoms with van der Waals surface area (Å²) in [5, 5.41) is 7.06. The molecule has 0 spiro atoms. The molecule has 1 N–H and O–H groups in total. The lowest BCUT2D eigenvalue weighted by Gasteiger charge is -2.25. The molecule has 0 unspecified atom stereocenters. The molecule has 2 aliphatic rings. The van der Waals surface area contributed by atoms with Gasteiger partial charge in [0.15, 0.2) is 5.82 Å². The van der Waals surface area contributed by atoms with Crippen LogP contribution in [0.25, 0.3) is 0 Å². The maximum absolute atomic E-state index is 12.7. The van der Waals surface area contributed by atoms with Crippen LogP contribution in [0.4, 0.5) is 0 Å². The van der Waals surface area contributed by atoms with Crippen molar-refractivity contribution >= 4 is 11.8 Å². The van der Waals surface area contributed by atoms with E-state index in [1.165, 1.54) is 7.11 Å². The largest absolute Gasteiger partial charge is 0.375 e. The van der Waals surface area contributed by atoms with Gasteiger partial charge in [0.2, 0.25) is 11.8 Å². The Balaban J connectivity index is 1.54. The fourth-order valence-electron chi connectivity index (χ4n) is 4.65. The number of pyridine rings is 1. The van der Waals surface area contributed by atoms with Crippen LogP contribution in [0, 0.1) is 19.8 Å². The third kappa shape index (κ3) is 3.62. The highest BCUT2D eigenvalue weighted by molar-refractivity contribution is 5.92. The third-order valence-corrected chi connectivity index (χ3v) is 5.91. The van der Waals surface area contributed by atoms with Gasteiger partial charge < -0.3 is 19.5 Å². The van der Waals surface area contributed by atoms with Crippen molar-refractivity contribution in [2.24, 2.45) is 5.92 Å². The summed E-state index contributed by atoms with van der Waals surface area (Å²) in [4.78, 5) is 35.6. The normalized spacial score (nSPS) is 25.8. The fourth-order valence-corrected chi connectivity index (χ4v) is 4.65. The molecule has 9 heteroatoms. The Morgan fingerprint density at radius 2 is 2.17 bits per heavy atom. The molecular formula is C20H25N5O4. The standard InChI is InChI=1S/C20H25N5O4/c1-12-5-4-6-16(21-12)18(27)23-15-7-14-9-25(17(26)10-28-3)11-20(14,8-15)19-22-13(2)24-29-19/h4-6,14-15H,7-11H2,1-3H3,(H,23,27)/t14-,15+,20-/m0/s1. The highest BCUT2D eigenvalue weighted by Crippen LogP contribution is 2.50. The van der Waals surface area contributed by atoms with Gasteiger partial charge in [0.25, 0.3) is 5.91 Å². The molecule has 3 atom stereocenters. The van der Waals surface area contributed by atoms with Gasteiger partial charge in [0.1, 0.15) is 12.3 Å². The summed E-state index contributed by atoms with van der Waals surface area (Å²) >= 11 is 0. The van der Waals surface area contributed by atoms with E-state index < -0.39 is 5.41 Å². The molecule has 1 saturated carbocycles. The van der Waals surface area contributed by atoms with Gasteiger partial charge in [0, 0.05) is 31.9 Å². The monoisotopic (exact) mass is 399 g/mol. The van der Waals surface area contributed by atoms with E-state index in [2.05, 4.69) is 20.4 Å². The van der Waals surface area contributed by atoms with E-state index in [9.17, 15) is 9.59 Å². The molecule has 3 heterocycles. The second-order valence-electron chi connectivity index (χ2n) is 7.98. The molecule has 0 radical (unpaired) electrons. The maximum atomic E-state index is 12.7. The summed E-state index contributed by atoms with van der Waals surface area (Å²) in [5.74, 6) is 0.980. The minimum atomic E-state index is -0.456. The van der Waals surface area contributed by atoms with Crippen LogP contribution >= 0.6 is 0 Å². The summed E-state index contributed by atoms with van der Waals surface area (Å²) in [6, 6.07) is 5.33. The van der Waals surface area contributed by atoms with E-state index in [0.717, 1.165) is 12.1 Å². The Kier molecular flexibility index (Phi) is 5.08. The maximum Gasteiger partial charge on any atom is 0.270 e. The predicted octanol–water partition coefficient (Wildman–Crippen LogP) is 1.02. The van der Waals surface area contributed by atoms with Crippen molar-refractivity contribution in [2.75, 3.05) is 26.8 Å². The zero-order chi connectivity index (χ0) is 20.6. The number of carbonyl (C=O) groups is 2. The van der Waals surface area contributed by atoms with Gasteiger partial charge >= 0.3 is 0 Å². The number of carbonyl (C=O) groups excluding carboxylic acids is 2. The molecule has 2 amide bonds. The van der Waals surface area contributed by atoms with E-state index in [4.69, 9.17) is 9.26 Å². The first-order valence-electron chi connectivity index (χ1n) is 9.73. The third-order valence-electron chi connectivity index (χ3n) is 5.91. The van der Waals surface area contributed by atoms with Crippen LogP contribution in [0.1, 0.15) is 40.7 Å². The summed E-state index contributed by atoms with van der Waals surface area (Å²) < 4.78 is 10.5. The van der Waals surface area contributed by atoms with E-state index in [0.29, 0.717) is 36.9 Å². The number of aromatic nitrogens is 3. The van der Waals surface area contributed by atoms with Gasteiger partial charge in [-0.15, -0.1) is 0 Å². The second-order valence-corrected chi connectivity index (χ2v) is 7.98. The van der Waals surface area contributed by atoms with Gasteiger partial charge in [-0.25, -0.2) is 4.98 Å². The Morgan fingerprint density at radius 1 is 1.34 bits per heavy atom. The van der Waals surface area contributed by atoms with Crippen molar-refractivity contribution in [1.29, 1.82) is 0 Å². The molecule has 9 nitrogen and oxygen atoms in total. The number of nitrogens with one attached hydrogen (secondary N) is 1. The van der Waals surface area contributed by atoms with Crippen molar-refractivity contribution in [1.82, 2.24) is 25.3 Å². The molecule has 0 aromatic carbocycles. The van der Waals surface area contributed by atoms with E-state index in [1.807, 2.05) is 19.1 Å². The molecule has 1 saturated heterocycles. The van der Waals surface area contributed by atoms with Gasteiger partial charge in [-0.3, -0.25) is 9.59 Å². The molecule has 2 fully saturated rings. The van der Waals surface area contributed by atoms with E-state index >= 15 is 0 Å². The topological polar surface area (TPSA) is 110 Å². The number of nitrogens with zero attached hydrogens (tertiary/aromatic N) is 4. The highest BCUT2D eigenvalue weighted by atomic mass is 16.5. The predicted molar refractivity (Wildman–Crippen MR) is 102 cm³/mol. The number of rotatable bonds is 5. The smallest absolute Gasteiger partial charge is 0.270 e. The number of likely N-dealkylation sites (tertiary alicyclic amines) is 1. The fraction of sp³-hybridized carbons (Fsp3) is 0.550. The van der Waals surface area contributed by atoms with Crippen LogP contribution in [0.2, 0.25) is 0 Å². The van der Waals surface area contributed by atoms with Crippen molar-refractivity contribution in [3.63, 3.8) is 0 Å². The van der Waals surface area contributed by atoms with E-state index in [-0.39, 0.29) is 30.4 Å². The molecular weight excluding hydrogens is 374 g/mol. The summed E-state index contributed by atoms with van der Waals surface area (Å²) in [5.41, 5.74) is 0.746. The van der Waals surface area contributed by atoms with Crippen LogP contribution in [0.3, 0.4) is 0 Å². The molecule has 4 rings (SSSR count). The molecule has 0 bridgehead atoms. The van der Waals surface area contributed by atoms with Crippen LogP contribution < -0.4 is 5.32 Å². The first-order chi connectivity index (χ1) is 13.9. The number of hydrogen-bond donors (Lipinski definition) is 1. The summed E-state index contributed by atoms with van der Waals surface area (Å²) in [7, 11) is 1.51. The average molecular weight is 399 g/mol. The molecule has 1 aliphatic heterocycles. The highest BCUT2D eigenvalue weighted by Gasteiger charge is 2.58. The molecule has 2 aromatic rings. The van der Waals surface area contributed by atoms with Crippen LogP contribution in [-0.4, -0.2) is 64.7 Å². The van der Waals surface area contributed by atoms with Crippen molar-refractivity contribution in [3.8, 4) is 0 Å². The minimum absolute atomic E-state index is 0.0465. The Hall–Kier alpha value is -2.81. The average Bonchev–Trinajstić information content (AvgIpc) is 3.34. The first-order valence-corrected chi connectivity index (χ1v) is 9.73. The first kappa shape index (κ1) is 19.5. The van der Waals surface area contributed by atoms with Crippen molar-refractivity contribution < 1.29 is 18.8 Å². The van der Waals surface area contributed by atoms with Crippen LogP contribution in [0.5, 0.6) is 0 Å². The van der Waals surface area contributed by atoms with Gasteiger partial charge in [-0.1, -0.05) is 11.2 Å². The number of aryl methyl sites for hydroxylation is 2. The van der Waals surface area contributed by atoms with Crippen LogP contribution in [-0.2, 0) is 14.9 Å². The SMILES string of the molecule is COCC(=O)N1C[C@@H]2C[C@@H](NC(=O)c3cccc(C)n3)C[C@]2(c2nc(C)no2)C1. The number of fused-ring (bicyclic) bond motifs is 1. The Labute approximate surface area is 168 Å². The molecule has 29 heavy (non-hydrogen) atoms. The molecule has 1 aliphatic carbocycles. The van der Waals surface area contributed by atoms with Gasteiger partial charge in [0.05, 0.1) is 5.41 Å². The van der Waals surface area contributed by atoms with Gasteiger partial charge in [-0.2, -0.15) is 4.98 Å². The molecule has 154 valence electrons. The lowest BCUT2D eigenvalue weighted by Crippen LogP contribution is -2.40. The number of methoxy groups -OCH3 is 1. The summed E-state index contributed by atoms with van der Waals surface area (Å²) in [6.45, 7) is 4.74. The van der Waals surface area contributed by atoms with Crippen molar-refractivity contribution in [2.45, 2.75) is 38.1 Å². The minimum Gasteiger partial charge on any atom is -0.375 e. The Bertz CT molecular complexity index is 929. The lowest BCUT2D eigenvalue weighted by molar-refractivity contribution is -0.134. The van der Waals surface area contributed by atoms with Crippen LogP contribution in [0.15, 0.2) is 22.7 Å². The number of amides is 2. The quantitative estimate of drug-likeness (QED) is 0.799. The lowest BCUT2D eigenvalue weighted by atomic mass is 9.80. The van der Waals surface area contributed by atoms with Crippen molar-refractivity contribution in [3.05, 3.63) is 41.3 Å². The Morgan fingerprint density at radius 3 is 2.86 bits per heavy atom. The zero-order valence-corrected chi connectivity index (χ0v) is 16.8. The number of hydrogen-bond acceptors (Lipinski definition) is 7. The van der Waals surface area contributed by atoms with E-state index in [1.54, 1.807) is 17.9 Å².